The third kappa shape index (κ3) is 4.02. The second-order valence-corrected chi connectivity index (χ2v) is 7.09. The van der Waals surface area contributed by atoms with Crippen molar-refractivity contribution >= 4 is 23.1 Å². The molecule has 4 rings (SSSR count). The minimum absolute atomic E-state index is 0.0651. The monoisotopic (exact) mass is 377 g/mol. The Morgan fingerprint density at radius 1 is 0.852 bits per heavy atom. The number of hydrogen-bond donors (Lipinski definition) is 0. The lowest BCUT2D eigenvalue weighted by Crippen LogP contribution is -1.91. The first kappa shape index (κ1) is 17.7. The molecule has 1 fully saturated rings. The summed E-state index contributed by atoms with van der Waals surface area (Å²) in [6.07, 6.45) is 3.84. The summed E-state index contributed by atoms with van der Waals surface area (Å²) in [6, 6.07) is 18.1. The first-order valence-electron chi connectivity index (χ1n) is 8.91. The average Bonchev–Trinajstić information content (AvgIpc) is 3.47. The number of hydrogen-bond acceptors (Lipinski definition) is 2. The zero-order valence-corrected chi connectivity index (χ0v) is 15.4. The van der Waals surface area contributed by atoms with Gasteiger partial charge in [-0.2, -0.15) is 4.99 Å². The highest BCUT2D eigenvalue weighted by atomic mass is 32.1. The molecule has 0 saturated heterocycles. The molecule has 0 bridgehead atoms. The van der Waals surface area contributed by atoms with Crippen molar-refractivity contribution in [3.05, 3.63) is 77.9 Å². The first-order chi connectivity index (χ1) is 13.1. The van der Waals surface area contributed by atoms with E-state index in [9.17, 15) is 8.78 Å². The van der Waals surface area contributed by atoms with Gasteiger partial charge in [0, 0.05) is 12.1 Å². The fraction of sp³-hybridized carbons (Fsp3) is 0.174. The molecule has 0 unspecified atom stereocenters. The lowest BCUT2D eigenvalue weighted by molar-refractivity contribution is 0.590. The van der Waals surface area contributed by atoms with E-state index >= 15 is 0 Å². The van der Waals surface area contributed by atoms with Gasteiger partial charge in [-0.3, -0.25) is 0 Å². The van der Waals surface area contributed by atoms with E-state index in [1.165, 1.54) is 18.4 Å². The Balaban J connectivity index is 1.59. The van der Waals surface area contributed by atoms with Gasteiger partial charge in [0.15, 0.2) is 0 Å². The highest BCUT2D eigenvalue weighted by molar-refractivity contribution is 7.78. The lowest BCUT2D eigenvalue weighted by atomic mass is 9.98. The molecule has 1 aliphatic rings. The van der Waals surface area contributed by atoms with Crippen LogP contribution in [0.5, 0.6) is 0 Å². The molecule has 0 aromatic heterocycles. The summed E-state index contributed by atoms with van der Waals surface area (Å²) in [7, 11) is 0. The maximum Gasteiger partial charge on any atom is 0.136 e. The summed E-state index contributed by atoms with van der Waals surface area (Å²) in [4.78, 5) is 3.63. The van der Waals surface area contributed by atoms with Gasteiger partial charge in [-0.25, -0.2) is 8.78 Å². The predicted octanol–water partition coefficient (Wildman–Crippen LogP) is 6.99. The fourth-order valence-electron chi connectivity index (χ4n) is 3.27. The molecule has 4 heteroatoms. The highest BCUT2D eigenvalue weighted by Gasteiger charge is 2.21. The molecule has 3 aromatic rings. The molecule has 1 nitrogen and oxygen atoms in total. The number of isothiocyanates is 1. The van der Waals surface area contributed by atoms with Gasteiger partial charge in [0.2, 0.25) is 0 Å². The third-order valence-corrected chi connectivity index (χ3v) is 4.98. The molecule has 0 heterocycles. The second kappa shape index (κ2) is 7.51. The number of nitrogens with zero attached hydrogens (tertiary/aromatic N) is 1. The average molecular weight is 377 g/mol. The van der Waals surface area contributed by atoms with Crippen LogP contribution in [0.3, 0.4) is 0 Å². The van der Waals surface area contributed by atoms with E-state index in [4.69, 9.17) is 0 Å². The first-order valence-corrected chi connectivity index (χ1v) is 9.31. The molecule has 1 saturated carbocycles. The summed E-state index contributed by atoms with van der Waals surface area (Å²) in [5, 5.41) is 2.12. The van der Waals surface area contributed by atoms with Crippen LogP contribution in [-0.2, 0) is 6.42 Å². The molecule has 1 aliphatic carbocycles. The Hall–Kier alpha value is -2.68. The Kier molecular flexibility index (Phi) is 4.93. The van der Waals surface area contributed by atoms with Crippen LogP contribution < -0.4 is 0 Å². The minimum atomic E-state index is -0.670. The van der Waals surface area contributed by atoms with Crippen molar-refractivity contribution in [1.82, 2.24) is 0 Å². The second-order valence-electron chi connectivity index (χ2n) is 6.91. The quantitative estimate of drug-likeness (QED) is 0.345. The van der Waals surface area contributed by atoms with Gasteiger partial charge in [0.05, 0.1) is 16.4 Å². The van der Waals surface area contributed by atoms with Crippen LogP contribution in [0.1, 0.15) is 18.4 Å². The fourth-order valence-corrected chi connectivity index (χ4v) is 3.38. The largest absolute Gasteiger partial charge is 0.206 e. The van der Waals surface area contributed by atoms with Gasteiger partial charge in [0.1, 0.15) is 11.6 Å². The van der Waals surface area contributed by atoms with Crippen LogP contribution in [0.2, 0.25) is 0 Å². The van der Waals surface area contributed by atoms with E-state index in [1.807, 2.05) is 12.1 Å². The van der Waals surface area contributed by atoms with E-state index in [2.05, 4.69) is 46.6 Å². The number of rotatable bonds is 5. The molecule has 0 N–H and O–H groups in total. The predicted molar refractivity (Wildman–Crippen MR) is 108 cm³/mol. The van der Waals surface area contributed by atoms with Crippen LogP contribution in [0.15, 0.2) is 65.7 Å². The van der Waals surface area contributed by atoms with E-state index in [0.29, 0.717) is 5.56 Å². The number of halogens is 2. The summed E-state index contributed by atoms with van der Waals surface area (Å²) >= 11 is 4.48. The third-order valence-electron chi connectivity index (χ3n) is 4.88. The zero-order valence-electron chi connectivity index (χ0n) is 14.6. The van der Waals surface area contributed by atoms with Gasteiger partial charge >= 0.3 is 0 Å². The summed E-state index contributed by atoms with van der Waals surface area (Å²) < 4.78 is 28.7. The van der Waals surface area contributed by atoms with Gasteiger partial charge in [-0.05, 0) is 59.7 Å². The van der Waals surface area contributed by atoms with E-state index in [0.717, 1.165) is 35.6 Å². The van der Waals surface area contributed by atoms with Crippen LogP contribution >= 0.6 is 12.2 Å². The van der Waals surface area contributed by atoms with Crippen molar-refractivity contribution in [3.8, 4) is 22.3 Å². The van der Waals surface area contributed by atoms with Crippen molar-refractivity contribution in [2.45, 2.75) is 19.3 Å². The van der Waals surface area contributed by atoms with Gasteiger partial charge in [-0.15, -0.1) is 0 Å². The standard InChI is InChI=1S/C23H17F2NS/c24-21-12-20(26-14-27)13-22(25)23(21)19-9-7-18(8-10-19)17-5-3-16(4-6-17)11-15-1-2-15/h3-10,12-13,15H,1-2,11H2. The number of thiocarbonyl (C=S) groups is 1. The molecule has 27 heavy (non-hydrogen) atoms. The Morgan fingerprint density at radius 3 is 1.89 bits per heavy atom. The molecular weight excluding hydrogens is 360 g/mol. The van der Waals surface area contributed by atoms with Crippen molar-refractivity contribution < 1.29 is 8.78 Å². The van der Waals surface area contributed by atoms with Crippen LogP contribution in [0.25, 0.3) is 22.3 Å². The molecule has 134 valence electrons. The van der Waals surface area contributed by atoms with Crippen LogP contribution in [0.4, 0.5) is 14.5 Å². The maximum atomic E-state index is 14.3. The molecule has 0 radical (unpaired) electrons. The van der Waals surface area contributed by atoms with Gasteiger partial charge in [-0.1, -0.05) is 48.5 Å². The zero-order chi connectivity index (χ0) is 18.8. The summed E-state index contributed by atoms with van der Waals surface area (Å²) in [6.45, 7) is 0. The van der Waals surface area contributed by atoms with E-state index in [1.54, 1.807) is 12.1 Å². The van der Waals surface area contributed by atoms with E-state index < -0.39 is 11.6 Å². The molecule has 0 aliphatic heterocycles. The molecule has 0 atom stereocenters. The number of aliphatic imine (C=N–C) groups is 1. The Morgan fingerprint density at radius 2 is 1.37 bits per heavy atom. The van der Waals surface area contributed by atoms with Gasteiger partial charge in [0.25, 0.3) is 0 Å². The minimum Gasteiger partial charge on any atom is -0.206 e. The van der Waals surface area contributed by atoms with Gasteiger partial charge < -0.3 is 0 Å². The number of benzene rings is 3. The SMILES string of the molecule is Fc1cc(N=C=S)cc(F)c1-c1ccc(-c2ccc(CC3CC3)cc2)cc1. The lowest BCUT2D eigenvalue weighted by Gasteiger charge is -2.08. The molecule has 0 amide bonds. The van der Waals surface area contributed by atoms with Crippen molar-refractivity contribution in [2.75, 3.05) is 0 Å². The molecular formula is C23H17F2NS. The van der Waals surface area contributed by atoms with Crippen LogP contribution in [-0.4, -0.2) is 5.16 Å². The summed E-state index contributed by atoms with van der Waals surface area (Å²) in [5.74, 6) is -0.478. The normalized spacial score (nSPS) is 13.3. The highest BCUT2D eigenvalue weighted by Crippen LogP contribution is 2.34. The maximum absolute atomic E-state index is 14.3. The van der Waals surface area contributed by atoms with Crippen molar-refractivity contribution in [1.29, 1.82) is 0 Å². The Labute approximate surface area is 162 Å². The molecule has 3 aromatic carbocycles. The topological polar surface area (TPSA) is 12.4 Å². The van der Waals surface area contributed by atoms with Crippen LogP contribution in [0, 0.1) is 17.6 Å². The smallest absolute Gasteiger partial charge is 0.136 e. The van der Waals surface area contributed by atoms with E-state index in [-0.39, 0.29) is 11.3 Å². The Bertz CT molecular complexity index is 992. The van der Waals surface area contributed by atoms with Crippen molar-refractivity contribution in [3.63, 3.8) is 0 Å². The molecule has 0 spiro atoms. The summed E-state index contributed by atoms with van der Waals surface area (Å²) in [5.41, 5.74) is 4.00. The van der Waals surface area contributed by atoms with Crippen molar-refractivity contribution in [2.24, 2.45) is 10.9 Å².